The minimum absolute atomic E-state index is 0.0757. The quantitative estimate of drug-likeness (QED) is 0.891. The summed E-state index contributed by atoms with van der Waals surface area (Å²) in [5.74, 6) is 1.84. The molecule has 0 bridgehead atoms. The Bertz CT molecular complexity index is 566. The average molecular weight is 294 g/mol. The third kappa shape index (κ3) is 3.99. The van der Waals surface area contributed by atoms with Gasteiger partial charge in [-0.1, -0.05) is 11.6 Å². The second kappa shape index (κ2) is 6.77. The van der Waals surface area contributed by atoms with E-state index in [0.717, 1.165) is 30.1 Å². The predicted molar refractivity (Wildman–Crippen MR) is 81.3 cm³/mol. The van der Waals surface area contributed by atoms with Crippen molar-refractivity contribution in [2.75, 3.05) is 6.61 Å². The topological polar surface area (TPSA) is 53.1 Å². The highest BCUT2D eigenvalue weighted by molar-refractivity contribution is 6.30. The third-order valence-corrected chi connectivity index (χ3v) is 3.31. The van der Waals surface area contributed by atoms with Crippen molar-refractivity contribution in [2.45, 2.75) is 32.9 Å². The number of ether oxygens (including phenoxy) is 1. The van der Waals surface area contributed by atoms with Crippen LogP contribution < -0.4 is 10.5 Å². The van der Waals surface area contributed by atoms with Crippen LogP contribution >= 0.6 is 11.6 Å². The van der Waals surface area contributed by atoms with E-state index in [2.05, 4.69) is 9.55 Å². The minimum Gasteiger partial charge on any atom is -0.491 e. The van der Waals surface area contributed by atoms with Gasteiger partial charge in [-0.15, -0.1) is 0 Å². The van der Waals surface area contributed by atoms with Crippen molar-refractivity contribution in [3.8, 4) is 5.75 Å². The van der Waals surface area contributed by atoms with Gasteiger partial charge < -0.3 is 15.0 Å². The molecule has 1 aromatic heterocycles. The molecule has 0 amide bonds. The van der Waals surface area contributed by atoms with Crippen LogP contribution in [0.5, 0.6) is 5.75 Å². The van der Waals surface area contributed by atoms with E-state index in [1.54, 1.807) is 6.20 Å². The van der Waals surface area contributed by atoms with Crippen LogP contribution in [0.4, 0.5) is 0 Å². The smallest absolute Gasteiger partial charge is 0.122 e. The van der Waals surface area contributed by atoms with Crippen LogP contribution in [-0.2, 0) is 13.0 Å². The van der Waals surface area contributed by atoms with Crippen LogP contribution in [0.25, 0.3) is 0 Å². The van der Waals surface area contributed by atoms with Crippen molar-refractivity contribution in [1.82, 2.24) is 9.55 Å². The molecular formula is C15H20ClN3O. The van der Waals surface area contributed by atoms with Gasteiger partial charge in [-0.2, -0.15) is 0 Å². The highest BCUT2D eigenvalue weighted by Gasteiger charge is 2.07. The number of nitrogens with two attached hydrogens (primary N) is 1. The lowest BCUT2D eigenvalue weighted by Crippen LogP contribution is -2.18. The van der Waals surface area contributed by atoms with Gasteiger partial charge in [-0.25, -0.2) is 4.98 Å². The molecule has 5 heteroatoms. The summed E-state index contributed by atoms with van der Waals surface area (Å²) in [6, 6.07) is 5.74. The molecule has 0 aliphatic carbocycles. The number of aryl methyl sites for hydroxylation is 1. The Morgan fingerprint density at radius 1 is 1.45 bits per heavy atom. The third-order valence-electron chi connectivity index (χ3n) is 3.08. The monoisotopic (exact) mass is 293 g/mol. The first-order valence-electron chi connectivity index (χ1n) is 6.71. The lowest BCUT2D eigenvalue weighted by molar-refractivity contribution is 0.293. The van der Waals surface area contributed by atoms with E-state index in [1.807, 2.05) is 38.2 Å². The largest absolute Gasteiger partial charge is 0.491 e. The molecule has 108 valence electrons. The van der Waals surface area contributed by atoms with Crippen LogP contribution in [0.15, 0.2) is 30.6 Å². The van der Waals surface area contributed by atoms with E-state index in [9.17, 15) is 0 Å². The molecule has 20 heavy (non-hydrogen) atoms. The van der Waals surface area contributed by atoms with Crippen LogP contribution in [0.2, 0.25) is 5.02 Å². The molecule has 0 saturated heterocycles. The molecular weight excluding hydrogens is 274 g/mol. The Hall–Kier alpha value is -1.52. The second-order valence-electron chi connectivity index (χ2n) is 4.95. The predicted octanol–water partition coefficient (Wildman–Crippen LogP) is 2.81. The van der Waals surface area contributed by atoms with Crippen molar-refractivity contribution < 1.29 is 4.74 Å². The number of rotatable bonds is 6. The zero-order valence-corrected chi connectivity index (χ0v) is 12.6. The summed E-state index contributed by atoms with van der Waals surface area (Å²) in [5.41, 5.74) is 6.91. The Labute approximate surface area is 124 Å². The molecule has 0 radical (unpaired) electrons. The van der Waals surface area contributed by atoms with Gasteiger partial charge in [0.25, 0.3) is 0 Å². The van der Waals surface area contributed by atoms with Gasteiger partial charge in [0.1, 0.15) is 18.2 Å². The first-order valence-corrected chi connectivity index (χ1v) is 7.08. The van der Waals surface area contributed by atoms with Crippen molar-refractivity contribution in [2.24, 2.45) is 5.73 Å². The number of hydrogen-bond acceptors (Lipinski definition) is 3. The maximum absolute atomic E-state index is 6.03. The van der Waals surface area contributed by atoms with E-state index in [0.29, 0.717) is 11.6 Å². The molecule has 0 saturated carbocycles. The van der Waals surface area contributed by atoms with Crippen molar-refractivity contribution in [3.05, 3.63) is 47.0 Å². The molecule has 2 N–H and O–H groups in total. The average Bonchev–Trinajstić information content (AvgIpc) is 2.77. The fourth-order valence-electron chi connectivity index (χ4n) is 2.09. The number of hydrogen-bond donors (Lipinski definition) is 1. The first-order chi connectivity index (χ1) is 9.56. The normalized spacial score (nSPS) is 12.4. The van der Waals surface area contributed by atoms with Crippen molar-refractivity contribution in [1.29, 1.82) is 0 Å². The number of aromatic nitrogens is 2. The molecule has 4 nitrogen and oxygen atoms in total. The highest BCUT2D eigenvalue weighted by atomic mass is 35.5. The molecule has 0 aliphatic rings. The van der Waals surface area contributed by atoms with Gasteiger partial charge in [0.2, 0.25) is 0 Å². The number of halogens is 1. The lowest BCUT2D eigenvalue weighted by atomic mass is 10.1. The van der Waals surface area contributed by atoms with Gasteiger partial charge >= 0.3 is 0 Å². The zero-order chi connectivity index (χ0) is 14.5. The fourth-order valence-corrected chi connectivity index (χ4v) is 2.28. The lowest BCUT2D eigenvalue weighted by Gasteiger charge is -2.14. The molecule has 1 aromatic carbocycles. The van der Waals surface area contributed by atoms with Gasteiger partial charge in [0.15, 0.2) is 0 Å². The van der Waals surface area contributed by atoms with E-state index in [-0.39, 0.29) is 6.04 Å². The minimum atomic E-state index is 0.0757. The van der Waals surface area contributed by atoms with Crippen LogP contribution in [0, 0.1) is 6.92 Å². The van der Waals surface area contributed by atoms with E-state index >= 15 is 0 Å². The zero-order valence-electron chi connectivity index (χ0n) is 11.8. The highest BCUT2D eigenvalue weighted by Crippen LogP contribution is 2.24. The molecule has 2 aromatic rings. The molecule has 1 atom stereocenters. The molecule has 0 aliphatic heterocycles. The summed E-state index contributed by atoms with van der Waals surface area (Å²) in [6.07, 6.45) is 4.49. The maximum Gasteiger partial charge on any atom is 0.122 e. The van der Waals surface area contributed by atoms with Crippen molar-refractivity contribution >= 4 is 11.6 Å². The Morgan fingerprint density at radius 3 is 2.90 bits per heavy atom. The van der Waals surface area contributed by atoms with E-state index < -0.39 is 0 Å². The summed E-state index contributed by atoms with van der Waals surface area (Å²) in [7, 11) is 0. The van der Waals surface area contributed by atoms with E-state index in [1.165, 1.54) is 0 Å². The molecule has 1 unspecified atom stereocenters. The van der Waals surface area contributed by atoms with E-state index in [4.69, 9.17) is 22.1 Å². The summed E-state index contributed by atoms with van der Waals surface area (Å²) >= 11 is 6.03. The summed E-state index contributed by atoms with van der Waals surface area (Å²) in [4.78, 5) is 4.18. The summed E-state index contributed by atoms with van der Waals surface area (Å²) in [5, 5.41) is 0.707. The number of imidazole rings is 1. The SMILES string of the molecule is Cc1nccn1CCOc1ccc(Cl)cc1CC(C)N. The second-order valence-corrected chi connectivity index (χ2v) is 5.39. The van der Waals surface area contributed by atoms with Crippen LogP contribution in [0.3, 0.4) is 0 Å². The van der Waals surface area contributed by atoms with Gasteiger partial charge in [-0.3, -0.25) is 0 Å². The molecule has 0 spiro atoms. The first kappa shape index (κ1) is 14.9. The number of nitrogens with zero attached hydrogens (tertiary/aromatic N) is 2. The Morgan fingerprint density at radius 2 is 2.25 bits per heavy atom. The van der Waals surface area contributed by atoms with Gasteiger partial charge in [0.05, 0.1) is 6.54 Å². The Balaban J connectivity index is 2.00. The Kier molecular flexibility index (Phi) is 5.04. The standard InChI is InChI=1S/C15H20ClN3O/c1-11(17)9-13-10-14(16)3-4-15(13)20-8-7-19-6-5-18-12(19)2/h3-6,10-11H,7-9,17H2,1-2H3. The maximum atomic E-state index is 6.03. The van der Waals surface area contributed by atoms with Gasteiger partial charge in [0, 0.05) is 23.5 Å². The molecule has 2 rings (SSSR count). The van der Waals surface area contributed by atoms with Crippen molar-refractivity contribution in [3.63, 3.8) is 0 Å². The molecule has 1 heterocycles. The molecule has 0 fully saturated rings. The summed E-state index contributed by atoms with van der Waals surface area (Å²) in [6.45, 7) is 5.31. The number of benzene rings is 1. The fraction of sp³-hybridized carbons (Fsp3) is 0.400. The van der Waals surface area contributed by atoms with Gasteiger partial charge in [-0.05, 0) is 44.0 Å². The summed E-state index contributed by atoms with van der Waals surface area (Å²) < 4.78 is 7.92. The van der Waals surface area contributed by atoms with Crippen LogP contribution in [0.1, 0.15) is 18.3 Å². The van der Waals surface area contributed by atoms with Crippen LogP contribution in [-0.4, -0.2) is 22.2 Å².